The van der Waals surface area contributed by atoms with Gasteiger partial charge in [-0.3, -0.25) is 0 Å². The number of hydrogen-bond donors (Lipinski definition) is 1. The van der Waals surface area contributed by atoms with Crippen molar-refractivity contribution in [3.63, 3.8) is 0 Å². The molecule has 0 unspecified atom stereocenters. The first kappa shape index (κ1) is 25.8. The van der Waals surface area contributed by atoms with Gasteiger partial charge in [-0.25, -0.2) is 9.79 Å². The largest absolute Gasteiger partial charge is 0.506 e. The molecule has 38 heavy (non-hydrogen) atoms. The Morgan fingerprint density at radius 2 is 1.74 bits per heavy atom. The number of rotatable bonds is 7. The second kappa shape index (κ2) is 11.7. The summed E-state index contributed by atoms with van der Waals surface area (Å²) in [7, 11) is 0. The number of carbonyl (C=O) groups is 1. The third-order valence-corrected chi connectivity index (χ3v) is 7.46. The molecule has 5 rings (SSSR count). The van der Waals surface area contributed by atoms with Crippen LogP contribution in [0.2, 0.25) is 0 Å². The van der Waals surface area contributed by atoms with Crippen LogP contribution in [0.15, 0.2) is 117 Å². The van der Waals surface area contributed by atoms with Crippen LogP contribution in [0.4, 0.5) is 5.69 Å². The van der Waals surface area contributed by atoms with E-state index < -0.39 is 5.97 Å². The van der Waals surface area contributed by atoms with E-state index in [-0.39, 0.29) is 17.9 Å². The highest BCUT2D eigenvalue weighted by Gasteiger charge is 2.33. The summed E-state index contributed by atoms with van der Waals surface area (Å²) in [5.74, 6) is -0.0391. The summed E-state index contributed by atoms with van der Waals surface area (Å²) in [6.07, 6.45) is 1.81. The molecule has 1 heterocycles. The molecule has 0 radical (unpaired) electrons. The fourth-order valence-corrected chi connectivity index (χ4v) is 5.52. The van der Waals surface area contributed by atoms with Gasteiger partial charge in [0.25, 0.3) is 0 Å². The quantitative estimate of drug-likeness (QED) is 0.221. The minimum Gasteiger partial charge on any atom is -0.506 e. The number of benzene rings is 4. The zero-order valence-electron chi connectivity index (χ0n) is 20.6. The van der Waals surface area contributed by atoms with E-state index in [1.807, 2.05) is 66.7 Å². The van der Waals surface area contributed by atoms with Crippen molar-refractivity contribution in [3.05, 3.63) is 123 Å². The van der Waals surface area contributed by atoms with E-state index in [1.165, 1.54) is 22.5 Å². The maximum absolute atomic E-state index is 12.6. The minimum absolute atomic E-state index is 0.0707. The molecule has 7 heteroatoms. The topological polar surface area (TPSA) is 68.1 Å². The lowest BCUT2D eigenvalue weighted by atomic mass is 10.1. The summed E-state index contributed by atoms with van der Waals surface area (Å²) in [6, 6.07) is 29.5. The summed E-state index contributed by atoms with van der Waals surface area (Å²) in [5.41, 5.74) is 2.66. The normalized spacial score (nSPS) is 15.4. The van der Waals surface area contributed by atoms with Crippen LogP contribution in [0.1, 0.15) is 18.1 Å². The molecule has 190 valence electrons. The van der Waals surface area contributed by atoms with Crippen LogP contribution in [0.25, 0.3) is 16.8 Å². The summed E-state index contributed by atoms with van der Waals surface area (Å²) in [6.45, 7) is 2.36. The average Bonchev–Trinajstić information content (AvgIpc) is 3.22. The zero-order chi connectivity index (χ0) is 26.5. The molecule has 0 saturated carbocycles. The first-order chi connectivity index (χ1) is 18.5. The fourth-order valence-electron chi connectivity index (χ4n) is 3.98. The van der Waals surface area contributed by atoms with Gasteiger partial charge in [-0.05, 0) is 81.2 Å². The number of ether oxygens (including phenoxy) is 2. The van der Waals surface area contributed by atoms with Gasteiger partial charge in [0.2, 0.25) is 0 Å². The smallest absolute Gasteiger partial charge is 0.344 e. The maximum atomic E-state index is 12.6. The van der Waals surface area contributed by atoms with E-state index in [0.29, 0.717) is 28.0 Å². The molecule has 0 spiro atoms. The lowest BCUT2D eigenvalue weighted by molar-refractivity contribution is -0.138. The third kappa shape index (κ3) is 5.85. The highest BCUT2D eigenvalue weighted by atomic mass is 79.9. The van der Waals surface area contributed by atoms with Gasteiger partial charge in [0.05, 0.1) is 21.7 Å². The first-order valence-corrected chi connectivity index (χ1v) is 13.7. The van der Waals surface area contributed by atoms with E-state index in [2.05, 4.69) is 51.3 Å². The van der Waals surface area contributed by atoms with Gasteiger partial charge in [-0.2, -0.15) is 0 Å². The molecule has 0 amide bonds. The van der Waals surface area contributed by atoms with Crippen LogP contribution in [0, 0.1) is 0 Å². The Hall–Kier alpha value is -3.81. The van der Waals surface area contributed by atoms with Gasteiger partial charge in [0.1, 0.15) is 28.7 Å². The minimum atomic E-state index is -0.603. The van der Waals surface area contributed by atoms with Crippen LogP contribution >= 0.6 is 27.7 Å². The molecular weight excluding hydrogens is 562 g/mol. The van der Waals surface area contributed by atoms with Crippen molar-refractivity contribution < 1.29 is 19.4 Å². The number of thioether (sulfide) groups is 1. The summed E-state index contributed by atoms with van der Waals surface area (Å²) in [5, 5.41) is 13.7. The highest BCUT2D eigenvalue weighted by molar-refractivity contribution is 9.10. The maximum Gasteiger partial charge on any atom is 0.344 e. The Labute approximate surface area is 233 Å². The number of aliphatic hydroxyl groups excluding tert-OH is 1. The number of para-hydroxylation sites is 1. The Morgan fingerprint density at radius 1 is 0.974 bits per heavy atom. The molecule has 0 bridgehead atoms. The van der Waals surface area contributed by atoms with Gasteiger partial charge in [-0.1, -0.05) is 72.4 Å². The summed E-state index contributed by atoms with van der Waals surface area (Å²) >= 11 is 4.83. The van der Waals surface area contributed by atoms with Gasteiger partial charge in [0.15, 0.2) is 0 Å². The van der Waals surface area contributed by atoms with Crippen molar-refractivity contribution in [3.8, 4) is 5.75 Å². The van der Waals surface area contributed by atoms with E-state index in [9.17, 15) is 9.90 Å². The van der Waals surface area contributed by atoms with Crippen LogP contribution < -0.4 is 4.74 Å². The van der Waals surface area contributed by atoms with Crippen molar-refractivity contribution in [2.75, 3.05) is 6.61 Å². The Bertz CT molecular complexity index is 1590. The van der Waals surface area contributed by atoms with Gasteiger partial charge in [-0.15, -0.1) is 0 Å². The lowest BCUT2D eigenvalue weighted by Gasteiger charge is -2.10. The first-order valence-electron chi connectivity index (χ1n) is 12.1. The molecule has 4 aromatic rings. The van der Waals surface area contributed by atoms with Crippen LogP contribution in [-0.4, -0.2) is 22.7 Å². The average molecular weight is 587 g/mol. The van der Waals surface area contributed by atoms with Crippen molar-refractivity contribution in [2.24, 2.45) is 4.99 Å². The number of carbonyl (C=O) groups excluding carboxylic acids is 1. The highest BCUT2D eigenvalue weighted by Crippen LogP contribution is 2.40. The van der Waals surface area contributed by atoms with Crippen LogP contribution in [0.3, 0.4) is 0 Å². The summed E-state index contributed by atoms with van der Waals surface area (Å²) < 4.78 is 12.0. The SMILES string of the molecule is CCOC(=O)C1=C(O)/C(=C/c2ccc(OCc3ccc4ccccc4c3)c(Br)c2)SC1=Nc1ccccc1. The number of aliphatic hydroxyl groups is 1. The number of halogens is 1. The van der Waals surface area contributed by atoms with Gasteiger partial charge in [0, 0.05) is 0 Å². The van der Waals surface area contributed by atoms with Crippen molar-refractivity contribution >= 4 is 61.2 Å². The standard InChI is InChI=1S/C31H24BrNO4S/c1-2-36-31(35)28-29(34)27(38-30(28)33-24-10-4-3-5-11-24)18-20-13-15-26(25(32)17-20)37-19-21-12-14-22-8-6-7-9-23(22)16-21/h3-18,34H,2,19H2,1H3/b27-18-,33-30?. The zero-order valence-corrected chi connectivity index (χ0v) is 23.0. The predicted molar refractivity (Wildman–Crippen MR) is 158 cm³/mol. The van der Waals surface area contributed by atoms with E-state index in [1.54, 1.807) is 6.92 Å². The molecule has 1 aliphatic heterocycles. The van der Waals surface area contributed by atoms with Gasteiger partial charge >= 0.3 is 5.97 Å². The molecule has 0 saturated heterocycles. The number of esters is 1. The third-order valence-electron chi connectivity index (χ3n) is 5.82. The Balaban J connectivity index is 1.37. The second-order valence-corrected chi connectivity index (χ2v) is 10.4. The Morgan fingerprint density at radius 3 is 2.50 bits per heavy atom. The van der Waals surface area contributed by atoms with E-state index >= 15 is 0 Å². The fraction of sp³-hybridized carbons (Fsp3) is 0.0968. The second-order valence-electron chi connectivity index (χ2n) is 8.47. The lowest BCUT2D eigenvalue weighted by Crippen LogP contribution is -2.12. The van der Waals surface area contributed by atoms with E-state index in [4.69, 9.17) is 9.47 Å². The van der Waals surface area contributed by atoms with Crippen LogP contribution in [-0.2, 0) is 16.1 Å². The molecule has 0 fully saturated rings. The number of hydrogen-bond acceptors (Lipinski definition) is 6. The van der Waals surface area contributed by atoms with Crippen molar-refractivity contribution in [1.29, 1.82) is 0 Å². The molecule has 0 aliphatic carbocycles. The molecule has 5 nitrogen and oxygen atoms in total. The van der Waals surface area contributed by atoms with Gasteiger partial charge < -0.3 is 14.6 Å². The summed E-state index contributed by atoms with van der Waals surface area (Å²) in [4.78, 5) is 17.7. The van der Waals surface area contributed by atoms with Crippen LogP contribution in [0.5, 0.6) is 5.75 Å². The molecule has 0 aromatic heterocycles. The molecule has 4 aromatic carbocycles. The number of fused-ring (bicyclic) bond motifs is 1. The number of aliphatic imine (C=N–C) groups is 1. The molecule has 1 N–H and O–H groups in total. The molecule has 1 aliphatic rings. The molecular formula is C31H24BrNO4S. The number of nitrogens with zero attached hydrogens (tertiary/aromatic N) is 1. The van der Waals surface area contributed by atoms with E-state index in [0.717, 1.165) is 15.6 Å². The van der Waals surface area contributed by atoms with Crippen molar-refractivity contribution in [1.82, 2.24) is 0 Å². The molecule has 0 atom stereocenters. The monoisotopic (exact) mass is 585 g/mol. The Kier molecular flexibility index (Phi) is 7.96. The van der Waals surface area contributed by atoms with Crippen molar-refractivity contribution in [2.45, 2.75) is 13.5 Å². The predicted octanol–water partition coefficient (Wildman–Crippen LogP) is 8.37.